The van der Waals surface area contributed by atoms with Crippen molar-refractivity contribution in [3.63, 3.8) is 0 Å². The average molecular weight is 534 g/mol. The van der Waals surface area contributed by atoms with Crippen LogP contribution < -0.4 is 15.4 Å². The van der Waals surface area contributed by atoms with Gasteiger partial charge in [0, 0.05) is 18.0 Å². The van der Waals surface area contributed by atoms with E-state index < -0.39 is 6.04 Å². The van der Waals surface area contributed by atoms with E-state index in [1.807, 2.05) is 36.4 Å². The second-order valence-electron chi connectivity index (χ2n) is 9.55. The topological polar surface area (TPSA) is 112 Å². The van der Waals surface area contributed by atoms with Crippen LogP contribution in [0.4, 0.5) is 11.4 Å². The average Bonchev–Trinajstić information content (AvgIpc) is 3.27. The van der Waals surface area contributed by atoms with Gasteiger partial charge in [0.2, 0.25) is 11.8 Å². The number of carbonyl (C=O) groups excluding carboxylic acids is 3. The van der Waals surface area contributed by atoms with E-state index in [0.717, 1.165) is 31.2 Å². The summed E-state index contributed by atoms with van der Waals surface area (Å²) in [5.74, 6) is 0.596. The maximum Gasteiger partial charge on any atom is 0.270 e. The molecular weight excluding hydrogens is 502 g/mol. The van der Waals surface area contributed by atoms with Crippen LogP contribution in [0.15, 0.2) is 58.5 Å². The Hall–Kier alpha value is -3.66. The molecule has 198 valence electrons. The Kier molecular flexibility index (Phi) is 8.07. The maximum absolute atomic E-state index is 13.0. The molecule has 0 bridgehead atoms. The van der Waals surface area contributed by atoms with Crippen LogP contribution >= 0.6 is 11.8 Å². The molecule has 3 aliphatic rings. The van der Waals surface area contributed by atoms with Gasteiger partial charge in [-0.2, -0.15) is 4.99 Å². The number of thioether (sulfide) groups is 1. The molecule has 2 heterocycles. The fourth-order valence-electron chi connectivity index (χ4n) is 5.06. The van der Waals surface area contributed by atoms with Crippen molar-refractivity contribution in [1.29, 1.82) is 0 Å². The molecule has 0 aromatic heterocycles. The predicted octanol–water partition coefficient (Wildman–Crippen LogP) is 4.25. The quantitative estimate of drug-likeness (QED) is 0.525. The second-order valence-corrected chi connectivity index (χ2v) is 10.5. The molecule has 1 atom stereocenters. The summed E-state index contributed by atoms with van der Waals surface area (Å²) in [4.78, 5) is 49.4. The summed E-state index contributed by atoms with van der Waals surface area (Å²) in [6.07, 6.45) is 6.05. The van der Waals surface area contributed by atoms with Crippen LogP contribution in [-0.2, 0) is 14.4 Å². The molecule has 2 aromatic carbocycles. The second kappa shape index (κ2) is 11.8. The van der Waals surface area contributed by atoms with Crippen LogP contribution in [0.1, 0.15) is 50.5 Å². The Morgan fingerprint density at radius 1 is 1.03 bits per heavy atom. The van der Waals surface area contributed by atoms with Crippen LogP contribution in [0, 0.1) is 0 Å². The summed E-state index contributed by atoms with van der Waals surface area (Å²) in [6, 6.07) is 14.3. The van der Waals surface area contributed by atoms with Crippen molar-refractivity contribution in [2.24, 2.45) is 9.98 Å². The van der Waals surface area contributed by atoms with Crippen molar-refractivity contribution in [1.82, 2.24) is 10.2 Å². The molecule has 1 saturated carbocycles. The zero-order valence-corrected chi connectivity index (χ0v) is 22.1. The normalized spacial score (nSPS) is 18.7. The van der Waals surface area contributed by atoms with Crippen molar-refractivity contribution >= 4 is 51.9 Å². The number of anilines is 1. The first kappa shape index (κ1) is 26.0. The number of ether oxygens (including phenoxy) is 1. The third kappa shape index (κ3) is 5.75. The Labute approximate surface area is 226 Å². The molecule has 38 heavy (non-hydrogen) atoms. The minimum absolute atomic E-state index is 0.0436. The number of amides is 3. The lowest BCUT2D eigenvalue weighted by Crippen LogP contribution is -2.44. The molecule has 2 aromatic rings. The first-order chi connectivity index (χ1) is 18.5. The third-order valence-electron chi connectivity index (χ3n) is 6.94. The van der Waals surface area contributed by atoms with E-state index in [-0.39, 0.29) is 35.9 Å². The van der Waals surface area contributed by atoms with Crippen molar-refractivity contribution in [2.75, 3.05) is 18.2 Å². The molecule has 1 unspecified atom stereocenters. The number of hydrogen-bond donors (Lipinski definition) is 2. The molecule has 2 aliphatic heterocycles. The monoisotopic (exact) mass is 533 g/mol. The van der Waals surface area contributed by atoms with Gasteiger partial charge in [-0.1, -0.05) is 55.3 Å². The van der Waals surface area contributed by atoms with Crippen LogP contribution in [0.2, 0.25) is 0 Å². The molecule has 0 saturated heterocycles. The number of methoxy groups -OCH3 is 1. The highest BCUT2D eigenvalue weighted by molar-refractivity contribution is 8.14. The number of rotatable bonds is 8. The van der Waals surface area contributed by atoms with Gasteiger partial charge < -0.3 is 15.4 Å². The standard InChI is InChI=1S/C28H31N5O4S/c1-37-23-14-8-7-13-21(23)30-25(35)17-38-28-31-20-12-6-5-11-19(20)26-32-27(36)22(33(26)28)15-16-24(34)29-18-9-3-2-4-10-18/h5-8,11-14,18,22H,2-4,9-10,15-17H2,1H3,(H,29,34)(H,30,35). The first-order valence-electron chi connectivity index (χ1n) is 13.0. The van der Waals surface area contributed by atoms with E-state index in [9.17, 15) is 14.4 Å². The lowest BCUT2D eigenvalue weighted by atomic mass is 9.95. The largest absolute Gasteiger partial charge is 0.495 e. The third-order valence-corrected chi connectivity index (χ3v) is 7.89. The lowest BCUT2D eigenvalue weighted by Gasteiger charge is -2.31. The Morgan fingerprint density at radius 2 is 1.79 bits per heavy atom. The summed E-state index contributed by atoms with van der Waals surface area (Å²) in [5.41, 5.74) is 2.04. The predicted molar refractivity (Wildman–Crippen MR) is 149 cm³/mol. The van der Waals surface area contributed by atoms with Gasteiger partial charge in [-0.25, -0.2) is 4.99 Å². The van der Waals surface area contributed by atoms with Crippen molar-refractivity contribution in [2.45, 2.75) is 57.0 Å². The number of aliphatic imine (C=N–C) groups is 2. The van der Waals surface area contributed by atoms with Crippen molar-refractivity contribution in [3.8, 4) is 5.75 Å². The fourth-order valence-corrected chi connectivity index (χ4v) is 5.90. The Morgan fingerprint density at radius 3 is 2.61 bits per heavy atom. The van der Waals surface area contributed by atoms with E-state index in [1.165, 1.54) is 18.2 Å². The zero-order valence-electron chi connectivity index (χ0n) is 21.3. The van der Waals surface area contributed by atoms with Crippen LogP contribution in [0.3, 0.4) is 0 Å². The number of nitrogens with zero attached hydrogens (tertiary/aromatic N) is 3. The molecule has 3 amide bonds. The summed E-state index contributed by atoms with van der Waals surface area (Å²) < 4.78 is 5.32. The fraction of sp³-hybridized carbons (Fsp3) is 0.393. The highest BCUT2D eigenvalue weighted by Gasteiger charge is 2.41. The van der Waals surface area contributed by atoms with E-state index in [1.54, 1.807) is 24.1 Å². The van der Waals surface area contributed by atoms with Gasteiger partial charge in [0.15, 0.2) is 5.17 Å². The summed E-state index contributed by atoms with van der Waals surface area (Å²) in [6.45, 7) is 0. The zero-order chi connectivity index (χ0) is 26.5. The molecule has 0 spiro atoms. The van der Waals surface area contributed by atoms with Crippen LogP contribution in [-0.4, -0.2) is 58.6 Å². The maximum atomic E-state index is 13.0. The molecule has 9 nitrogen and oxygen atoms in total. The Balaban J connectivity index is 1.28. The Bertz CT molecular complexity index is 1290. The van der Waals surface area contributed by atoms with Gasteiger partial charge in [0.25, 0.3) is 5.91 Å². The SMILES string of the molecule is COc1ccccc1NC(=O)CSC1=Nc2ccccc2C2=NC(=O)C(CCC(=O)NC3CCCCC3)N12. The summed E-state index contributed by atoms with van der Waals surface area (Å²) in [7, 11) is 1.55. The van der Waals surface area contributed by atoms with E-state index in [0.29, 0.717) is 34.5 Å². The van der Waals surface area contributed by atoms with E-state index in [4.69, 9.17) is 9.73 Å². The number of nitrogens with one attached hydrogen (secondary N) is 2. The number of fused-ring (bicyclic) bond motifs is 3. The minimum atomic E-state index is -0.640. The summed E-state index contributed by atoms with van der Waals surface area (Å²) in [5, 5.41) is 6.51. The van der Waals surface area contributed by atoms with Gasteiger partial charge in [0.05, 0.1) is 24.2 Å². The molecule has 2 N–H and O–H groups in total. The molecule has 10 heteroatoms. The highest BCUT2D eigenvalue weighted by Crippen LogP contribution is 2.35. The molecule has 5 rings (SSSR count). The number of benzene rings is 2. The number of carbonyl (C=O) groups is 3. The van der Waals surface area contributed by atoms with Gasteiger partial charge in [-0.3, -0.25) is 19.3 Å². The minimum Gasteiger partial charge on any atom is -0.495 e. The smallest absolute Gasteiger partial charge is 0.270 e. The van der Waals surface area contributed by atoms with Gasteiger partial charge >= 0.3 is 0 Å². The summed E-state index contributed by atoms with van der Waals surface area (Å²) >= 11 is 1.24. The van der Waals surface area contributed by atoms with E-state index >= 15 is 0 Å². The number of hydrogen-bond acceptors (Lipinski definition) is 7. The molecule has 0 radical (unpaired) electrons. The van der Waals surface area contributed by atoms with Gasteiger partial charge in [-0.05, 0) is 43.5 Å². The van der Waals surface area contributed by atoms with Crippen LogP contribution in [0.25, 0.3) is 0 Å². The number of para-hydroxylation sites is 3. The number of amidine groups is 2. The highest BCUT2D eigenvalue weighted by atomic mass is 32.2. The van der Waals surface area contributed by atoms with Crippen molar-refractivity contribution in [3.05, 3.63) is 54.1 Å². The van der Waals surface area contributed by atoms with Gasteiger partial charge in [0.1, 0.15) is 17.6 Å². The lowest BCUT2D eigenvalue weighted by molar-refractivity contribution is -0.123. The molecular formula is C28H31N5O4S. The molecule has 1 fully saturated rings. The molecule has 1 aliphatic carbocycles. The first-order valence-corrected chi connectivity index (χ1v) is 14.0. The van der Waals surface area contributed by atoms with Crippen LogP contribution in [0.5, 0.6) is 5.75 Å². The van der Waals surface area contributed by atoms with E-state index in [2.05, 4.69) is 15.6 Å². The van der Waals surface area contributed by atoms with Crippen molar-refractivity contribution < 1.29 is 19.1 Å². The van der Waals surface area contributed by atoms with Gasteiger partial charge in [-0.15, -0.1) is 0 Å².